The summed E-state index contributed by atoms with van der Waals surface area (Å²) in [5, 5.41) is 9.16. The van der Waals surface area contributed by atoms with Crippen LogP contribution in [0, 0.1) is 5.92 Å². The van der Waals surface area contributed by atoms with Crippen molar-refractivity contribution in [3.05, 3.63) is 35.9 Å². The van der Waals surface area contributed by atoms with Gasteiger partial charge in [-0.05, 0) is 12.0 Å². The van der Waals surface area contributed by atoms with Crippen LogP contribution in [0.5, 0.6) is 0 Å². The number of nitrogens with zero attached hydrogens (tertiary/aromatic N) is 1. The maximum Gasteiger partial charge on any atom is 0.308 e. The average molecular weight is 247 g/mol. The van der Waals surface area contributed by atoms with E-state index in [2.05, 4.69) is 0 Å². The molecule has 0 bridgehead atoms. The summed E-state index contributed by atoms with van der Waals surface area (Å²) >= 11 is 0. The Hall–Kier alpha value is -1.84. The molecule has 1 N–H and O–H groups in total. The molecule has 96 valence electrons. The van der Waals surface area contributed by atoms with Crippen molar-refractivity contribution in [3.8, 4) is 0 Å². The number of amides is 1. The summed E-state index contributed by atoms with van der Waals surface area (Å²) < 4.78 is 0. The molecule has 2 rings (SSSR count). The van der Waals surface area contributed by atoms with Crippen LogP contribution in [-0.4, -0.2) is 35.0 Å². The molecule has 1 aliphatic heterocycles. The van der Waals surface area contributed by atoms with Gasteiger partial charge in [0.25, 0.3) is 0 Å². The number of carboxylic acids is 1. The first-order valence-electron chi connectivity index (χ1n) is 6.11. The zero-order valence-corrected chi connectivity index (χ0v) is 10.4. The fraction of sp³-hybridized carbons (Fsp3) is 0.429. The molecule has 1 aromatic rings. The number of carbonyl (C=O) groups is 2. The van der Waals surface area contributed by atoms with Crippen molar-refractivity contribution >= 4 is 11.9 Å². The van der Waals surface area contributed by atoms with Crippen molar-refractivity contribution in [2.45, 2.75) is 19.3 Å². The third-order valence-corrected chi connectivity index (χ3v) is 3.52. The molecule has 0 saturated carbocycles. The molecule has 0 aromatic heterocycles. The highest BCUT2D eigenvalue weighted by molar-refractivity contribution is 5.76. The molecule has 0 radical (unpaired) electrons. The SMILES string of the molecule is CC(=O)N1CC(C(=O)O)CC(c2ccccc2)C1. The van der Waals surface area contributed by atoms with E-state index in [0.717, 1.165) is 5.56 Å². The predicted octanol–water partition coefficient (Wildman–Crippen LogP) is 1.72. The maximum atomic E-state index is 11.5. The Morgan fingerprint density at radius 3 is 2.44 bits per heavy atom. The van der Waals surface area contributed by atoms with E-state index >= 15 is 0 Å². The van der Waals surface area contributed by atoms with E-state index in [4.69, 9.17) is 5.11 Å². The normalized spacial score (nSPS) is 23.7. The standard InChI is InChI=1S/C14H17NO3/c1-10(16)15-8-12(7-13(9-15)14(17)18)11-5-3-2-4-6-11/h2-6,12-13H,7-9H2,1H3,(H,17,18). The fourth-order valence-electron chi connectivity index (χ4n) is 2.50. The summed E-state index contributed by atoms with van der Waals surface area (Å²) in [6.07, 6.45) is 0.600. The smallest absolute Gasteiger partial charge is 0.308 e. The Balaban J connectivity index is 2.20. The van der Waals surface area contributed by atoms with Gasteiger partial charge in [0.1, 0.15) is 0 Å². The average Bonchev–Trinajstić information content (AvgIpc) is 2.39. The van der Waals surface area contributed by atoms with E-state index in [1.165, 1.54) is 6.92 Å². The van der Waals surface area contributed by atoms with E-state index in [1.54, 1.807) is 4.90 Å². The van der Waals surface area contributed by atoms with Gasteiger partial charge in [-0.2, -0.15) is 0 Å². The highest BCUT2D eigenvalue weighted by Crippen LogP contribution is 2.30. The van der Waals surface area contributed by atoms with Crippen LogP contribution in [0.15, 0.2) is 30.3 Å². The first kappa shape index (κ1) is 12.6. The van der Waals surface area contributed by atoms with Gasteiger partial charge in [-0.15, -0.1) is 0 Å². The summed E-state index contributed by atoms with van der Waals surface area (Å²) in [6.45, 7) is 2.43. The van der Waals surface area contributed by atoms with Gasteiger partial charge >= 0.3 is 5.97 Å². The summed E-state index contributed by atoms with van der Waals surface area (Å²) in [5.74, 6) is -1.22. The van der Waals surface area contributed by atoms with Crippen LogP contribution < -0.4 is 0 Å². The minimum Gasteiger partial charge on any atom is -0.481 e. The minimum atomic E-state index is -0.818. The molecule has 1 saturated heterocycles. The lowest BCUT2D eigenvalue weighted by molar-refractivity contribution is -0.145. The van der Waals surface area contributed by atoms with Crippen molar-refractivity contribution in [3.63, 3.8) is 0 Å². The van der Waals surface area contributed by atoms with Gasteiger partial charge in [-0.25, -0.2) is 0 Å². The van der Waals surface area contributed by atoms with E-state index in [0.29, 0.717) is 19.5 Å². The van der Waals surface area contributed by atoms with Gasteiger partial charge in [0.15, 0.2) is 0 Å². The number of piperidine rings is 1. The molecule has 0 spiro atoms. The summed E-state index contributed by atoms with van der Waals surface area (Å²) in [6, 6.07) is 9.81. The highest BCUT2D eigenvalue weighted by atomic mass is 16.4. The maximum absolute atomic E-state index is 11.5. The Morgan fingerprint density at radius 1 is 1.22 bits per heavy atom. The van der Waals surface area contributed by atoms with Gasteiger partial charge in [-0.1, -0.05) is 30.3 Å². The van der Waals surface area contributed by atoms with Crippen LogP contribution in [0.1, 0.15) is 24.8 Å². The van der Waals surface area contributed by atoms with Gasteiger partial charge in [-0.3, -0.25) is 9.59 Å². The van der Waals surface area contributed by atoms with Crippen LogP contribution in [0.2, 0.25) is 0 Å². The number of rotatable bonds is 2. The van der Waals surface area contributed by atoms with Crippen LogP contribution in [0.4, 0.5) is 0 Å². The molecule has 1 aromatic carbocycles. The van der Waals surface area contributed by atoms with Crippen molar-refractivity contribution in [1.29, 1.82) is 0 Å². The van der Waals surface area contributed by atoms with E-state index in [-0.39, 0.29) is 11.8 Å². The van der Waals surface area contributed by atoms with Crippen molar-refractivity contribution in [2.75, 3.05) is 13.1 Å². The first-order chi connectivity index (χ1) is 8.58. The second-order valence-corrected chi connectivity index (χ2v) is 4.80. The number of carboxylic acid groups (broad SMARTS) is 1. The zero-order chi connectivity index (χ0) is 13.1. The molecule has 1 aliphatic rings. The third kappa shape index (κ3) is 2.70. The largest absolute Gasteiger partial charge is 0.481 e. The van der Waals surface area contributed by atoms with Crippen molar-refractivity contribution in [2.24, 2.45) is 5.92 Å². The lowest BCUT2D eigenvalue weighted by atomic mass is 9.84. The molecule has 2 atom stereocenters. The van der Waals surface area contributed by atoms with Gasteiger partial charge in [0.05, 0.1) is 5.92 Å². The quantitative estimate of drug-likeness (QED) is 0.865. The number of hydrogen-bond donors (Lipinski definition) is 1. The topological polar surface area (TPSA) is 57.6 Å². The number of likely N-dealkylation sites (tertiary alicyclic amines) is 1. The van der Waals surface area contributed by atoms with E-state index in [1.807, 2.05) is 30.3 Å². The molecule has 1 amide bonds. The summed E-state index contributed by atoms with van der Waals surface area (Å²) in [7, 11) is 0. The van der Waals surface area contributed by atoms with E-state index in [9.17, 15) is 9.59 Å². The molecule has 0 aliphatic carbocycles. The van der Waals surface area contributed by atoms with Crippen LogP contribution in [0.3, 0.4) is 0 Å². The molecule has 2 unspecified atom stereocenters. The molecule has 18 heavy (non-hydrogen) atoms. The second kappa shape index (κ2) is 5.21. The molecule has 4 heteroatoms. The lowest BCUT2D eigenvalue weighted by Gasteiger charge is -2.35. The van der Waals surface area contributed by atoms with Crippen LogP contribution in [-0.2, 0) is 9.59 Å². The second-order valence-electron chi connectivity index (χ2n) is 4.80. The van der Waals surface area contributed by atoms with Gasteiger partial charge in [0, 0.05) is 25.9 Å². The van der Waals surface area contributed by atoms with E-state index < -0.39 is 11.9 Å². The fourth-order valence-corrected chi connectivity index (χ4v) is 2.50. The Bertz CT molecular complexity index is 422. The van der Waals surface area contributed by atoms with Gasteiger partial charge in [0.2, 0.25) is 5.91 Å². The Morgan fingerprint density at radius 2 is 1.89 bits per heavy atom. The molecule has 4 nitrogen and oxygen atoms in total. The number of aliphatic carboxylic acids is 1. The van der Waals surface area contributed by atoms with Gasteiger partial charge < -0.3 is 10.0 Å². The zero-order valence-electron chi connectivity index (χ0n) is 10.4. The summed E-state index contributed by atoms with van der Waals surface area (Å²) in [5.41, 5.74) is 1.11. The molecular formula is C14H17NO3. The number of benzene rings is 1. The lowest BCUT2D eigenvalue weighted by Crippen LogP contribution is -2.44. The summed E-state index contributed by atoms with van der Waals surface area (Å²) in [4.78, 5) is 24.3. The Kier molecular flexibility index (Phi) is 3.65. The number of hydrogen-bond acceptors (Lipinski definition) is 2. The molecule has 1 heterocycles. The number of carbonyl (C=O) groups excluding carboxylic acids is 1. The molecular weight excluding hydrogens is 230 g/mol. The first-order valence-corrected chi connectivity index (χ1v) is 6.11. The van der Waals surface area contributed by atoms with Crippen LogP contribution in [0.25, 0.3) is 0 Å². The van der Waals surface area contributed by atoms with Crippen LogP contribution >= 0.6 is 0 Å². The van der Waals surface area contributed by atoms with Crippen molar-refractivity contribution in [1.82, 2.24) is 4.90 Å². The van der Waals surface area contributed by atoms with Crippen molar-refractivity contribution < 1.29 is 14.7 Å². The molecule has 1 fully saturated rings. The third-order valence-electron chi connectivity index (χ3n) is 3.52. The Labute approximate surface area is 106 Å². The highest BCUT2D eigenvalue weighted by Gasteiger charge is 2.33. The predicted molar refractivity (Wildman–Crippen MR) is 67.2 cm³/mol. The monoisotopic (exact) mass is 247 g/mol. The minimum absolute atomic E-state index is 0.0538.